The van der Waals surface area contributed by atoms with Crippen molar-refractivity contribution in [1.82, 2.24) is 0 Å². The Morgan fingerprint density at radius 2 is 0.603 bits per heavy atom. The van der Waals surface area contributed by atoms with E-state index in [1.165, 1.54) is 205 Å². The Kier molecular flexibility index (Phi) is 48.6. The van der Waals surface area contributed by atoms with Crippen LogP contribution in [0.1, 0.15) is 317 Å². The first-order valence-electron chi connectivity index (χ1n) is 28.3. The number of esters is 3. The van der Waals surface area contributed by atoms with Gasteiger partial charge in [0.1, 0.15) is 13.2 Å². The summed E-state index contributed by atoms with van der Waals surface area (Å²) in [6.07, 6.45) is 52.2. The summed E-state index contributed by atoms with van der Waals surface area (Å²) in [5.74, 6) is 0.866. The fourth-order valence-electron chi connectivity index (χ4n) is 8.66. The zero-order valence-corrected chi connectivity index (χ0v) is 43.2. The highest BCUT2D eigenvalue weighted by molar-refractivity contribution is 5.71. The van der Waals surface area contributed by atoms with Crippen LogP contribution in [0.4, 0.5) is 0 Å². The maximum absolute atomic E-state index is 12.8. The molecular formula is C57H110O6. The van der Waals surface area contributed by atoms with E-state index in [0.717, 1.165) is 69.6 Å². The van der Waals surface area contributed by atoms with Gasteiger partial charge in [0.15, 0.2) is 6.10 Å². The Bertz CT molecular complexity index is 964. The second-order valence-corrected chi connectivity index (χ2v) is 20.3. The molecule has 0 aromatic carbocycles. The van der Waals surface area contributed by atoms with Gasteiger partial charge in [-0.15, -0.1) is 0 Å². The quantitative estimate of drug-likeness (QED) is 0.0344. The van der Waals surface area contributed by atoms with Gasteiger partial charge in [0.25, 0.3) is 0 Å². The molecule has 63 heavy (non-hydrogen) atoms. The van der Waals surface area contributed by atoms with Gasteiger partial charge in [-0.1, -0.05) is 279 Å². The fourth-order valence-corrected chi connectivity index (χ4v) is 8.66. The Morgan fingerprint density at radius 1 is 0.333 bits per heavy atom. The first-order chi connectivity index (χ1) is 30.8. The summed E-state index contributed by atoms with van der Waals surface area (Å²) in [7, 11) is 0. The monoisotopic (exact) mass is 891 g/mol. The molecule has 0 amide bonds. The van der Waals surface area contributed by atoms with Gasteiger partial charge < -0.3 is 14.2 Å². The number of hydrogen-bond acceptors (Lipinski definition) is 6. The van der Waals surface area contributed by atoms with Crippen molar-refractivity contribution in [3.63, 3.8) is 0 Å². The van der Waals surface area contributed by atoms with Crippen LogP contribution in [-0.4, -0.2) is 37.2 Å². The lowest BCUT2D eigenvalue weighted by Crippen LogP contribution is -2.30. The van der Waals surface area contributed by atoms with E-state index in [1.807, 2.05) is 0 Å². The minimum Gasteiger partial charge on any atom is -0.462 e. The Morgan fingerprint density at radius 3 is 0.905 bits per heavy atom. The summed E-state index contributed by atoms with van der Waals surface area (Å²) in [5.41, 5.74) is 0. The molecule has 0 bridgehead atoms. The van der Waals surface area contributed by atoms with Gasteiger partial charge in [-0.25, -0.2) is 0 Å². The lowest BCUT2D eigenvalue weighted by atomic mass is 9.99. The van der Waals surface area contributed by atoms with Gasteiger partial charge in [0, 0.05) is 19.3 Å². The molecular weight excluding hydrogens is 781 g/mol. The minimum absolute atomic E-state index is 0.0630. The minimum atomic E-state index is -0.762. The van der Waals surface area contributed by atoms with Crippen LogP contribution >= 0.6 is 0 Å². The van der Waals surface area contributed by atoms with Crippen LogP contribution in [-0.2, 0) is 28.6 Å². The van der Waals surface area contributed by atoms with E-state index in [4.69, 9.17) is 14.2 Å². The number of carbonyl (C=O) groups excluding carboxylic acids is 3. The molecule has 374 valence electrons. The maximum Gasteiger partial charge on any atom is 0.306 e. The van der Waals surface area contributed by atoms with E-state index in [1.54, 1.807) is 0 Å². The summed E-state index contributed by atoms with van der Waals surface area (Å²) >= 11 is 0. The fraction of sp³-hybridized carbons (Fsp3) is 0.947. The topological polar surface area (TPSA) is 78.9 Å². The van der Waals surface area contributed by atoms with Gasteiger partial charge in [-0.3, -0.25) is 14.4 Å². The molecule has 0 aliphatic heterocycles. The third kappa shape index (κ3) is 49.7. The first kappa shape index (κ1) is 61.4. The Hall–Kier alpha value is -1.59. The average Bonchev–Trinajstić information content (AvgIpc) is 3.27. The van der Waals surface area contributed by atoms with E-state index in [9.17, 15) is 14.4 Å². The van der Waals surface area contributed by atoms with Crippen LogP contribution in [0.25, 0.3) is 0 Å². The molecule has 2 atom stereocenters. The third-order valence-electron chi connectivity index (χ3n) is 13.3. The van der Waals surface area contributed by atoms with Crippen LogP contribution < -0.4 is 0 Å². The van der Waals surface area contributed by atoms with Crippen molar-refractivity contribution in [3.8, 4) is 0 Å². The van der Waals surface area contributed by atoms with Crippen molar-refractivity contribution in [3.05, 3.63) is 0 Å². The standard InChI is InChI=1S/C57H110O6/c1-6-8-9-10-11-12-13-14-15-18-21-27-32-37-42-47-55(58)61-50-54(63-57(60)49-44-39-34-29-24-23-26-31-36-41-46-53(5)7-2)51-62-56(59)48-43-38-33-28-22-19-16-17-20-25-30-35-40-45-52(3)4/h52-54H,6-51H2,1-5H3/t53?,54-/m1/s1. The molecule has 1 unspecified atom stereocenters. The molecule has 0 rings (SSSR count). The second kappa shape index (κ2) is 49.8. The summed E-state index contributed by atoms with van der Waals surface area (Å²) in [6.45, 7) is 11.4. The molecule has 0 aliphatic carbocycles. The molecule has 0 aliphatic rings. The van der Waals surface area contributed by atoms with E-state index < -0.39 is 6.10 Å². The van der Waals surface area contributed by atoms with E-state index in [-0.39, 0.29) is 31.1 Å². The molecule has 0 aromatic rings. The van der Waals surface area contributed by atoms with Crippen LogP contribution in [0, 0.1) is 11.8 Å². The largest absolute Gasteiger partial charge is 0.462 e. The van der Waals surface area contributed by atoms with Crippen molar-refractivity contribution in [1.29, 1.82) is 0 Å². The number of carbonyl (C=O) groups is 3. The average molecular weight is 892 g/mol. The second-order valence-electron chi connectivity index (χ2n) is 20.3. The van der Waals surface area contributed by atoms with Crippen molar-refractivity contribution in [2.45, 2.75) is 323 Å². The molecule has 0 fully saturated rings. The van der Waals surface area contributed by atoms with Crippen LogP contribution in [0.15, 0.2) is 0 Å². The number of unbranched alkanes of at least 4 members (excludes halogenated alkanes) is 35. The van der Waals surface area contributed by atoms with Crippen LogP contribution in [0.5, 0.6) is 0 Å². The Labute approximate surface area is 393 Å². The van der Waals surface area contributed by atoms with Gasteiger partial charge in [0.2, 0.25) is 0 Å². The van der Waals surface area contributed by atoms with Crippen molar-refractivity contribution in [2.24, 2.45) is 11.8 Å². The number of hydrogen-bond donors (Lipinski definition) is 0. The lowest BCUT2D eigenvalue weighted by molar-refractivity contribution is -0.167. The highest BCUT2D eigenvalue weighted by Gasteiger charge is 2.19. The molecule has 0 aromatic heterocycles. The summed E-state index contributed by atoms with van der Waals surface area (Å²) < 4.78 is 16.9. The predicted molar refractivity (Wildman–Crippen MR) is 270 cm³/mol. The summed E-state index contributed by atoms with van der Waals surface area (Å²) in [4.78, 5) is 38.1. The van der Waals surface area contributed by atoms with E-state index in [0.29, 0.717) is 19.3 Å². The zero-order valence-electron chi connectivity index (χ0n) is 43.2. The first-order valence-corrected chi connectivity index (χ1v) is 28.3. The number of ether oxygens (including phenoxy) is 3. The smallest absolute Gasteiger partial charge is 0.306 e. The molecule has 6 heteroatoms. The zero-order chi connectivity index (χ0) is 46.1. The van der Waals surface area contributed by atoms with Crippen LogP contribution in [0.3, 0.4) is 0 Å². The number of rotatable bonds is 51. The van der Waals surface area contributed by atoms with E-state index in [2.05, 4.69) is 34.6 Å². The van der Waals surface area contributed by atoms with Crippen molar-refractivity contribution >= 4 is 17.9 Å². The third-order valence-corrected chi connectivity index (χ3v) is 13.3. The SMILES string of the molecule is CCCCCCCCCCCCCCCCCC(=O)OC[C@H](COC(=O)CCCCCCCCCCCCCCCC(C)C)OC(=O)CCCCCCCCCCCCC(C)CC. The Balaban J connectivity index is 4.31. The van der Waals surface area contributed by atoms with Crippen LogP contribution in [0.2, 0.25) is 0 Å². The maximum atomic E-state index is 12.8. The summed E-state index contributed by atoms with van der Waals surface area (Å²) in [6, 6.07) is 0. The van der Waals surface area contributed by atoms with Crippen molar-refractivity contribution < 1.29 is 28.6 Å². The molecule has 0 radical (unpaired) electrons. The van der Waals surface area contributed by atoms with Gasteiger partial charge in [-0.05, 0) is 31.1 Å². The highest BCUT2D eigenvalue weighted by atomic mass is 16.6. The predicted octanol–water partition coefficient (Wildman–Crippen LogP) is 18.5. The van der Waals surface area contributed by atoms with Crippen molar-refractivity contribution in [2.75, 3.05) is 13.2 Å². The lowest BCUT2D eigenvalue weighted by Gasteiger charge is -2.18. The molecule has 6 nitrogen and oxygen atoms in total. The molecule has 0 heterocycles. The molecule has 0 N–H and O–H groups in total. The van der Waals surface area contributed by atoms with Gasteiger partial charge >= 0.3 is 17.9 Å². The molecule has 0 spiro atoms. The molecule has 0 saturated heterocycles. The molecule has 0 saturated carbocycles. The van der Waals surface area contributed by atoms with E-state index >= 15 is 0 Å². The normalized spacial score (nSPS) is 12.5. The van der Waals surface area contributed by atoms with Gasteiger partial charge in [-0.2, -0.15) is 0 Å². The highest BCUT2D eigenvalue weighted by Crippen LogP contribution is 2.18. The summed E-state index contributed by atoms with van der Waals surface area (Å²) in [5, 5.41) is 0. The van der Waals surface area contributed by atoms with Gasteiger partial charge in [0.05, 0.1) is 0 Å².